The van der Waals surface area contributed by atoms with Crippen LogP contribution in [-0.4, -0.2) is 52.7 Å². The van der Waals surface area contributed by atoms with Gasteiger partial charge in [0.2, 0.25) is 5.13 Å². The molecule has 2 rings (SSSR count). The molecule has 5 nitrogen and oxygen atoms in total. The number of piperazine rings is 1. The lowest BCUT2D eigenvalue weighted by molar-refractivity contribution is 0.127. The summed E-state index contributed by atoms with van der Waals surface area (Å²) in [6.07, 6.45) is 1.24. The first-order valence-electron chi connectivity index (χ1n) is 5.80. The molecule has 0 spiro atoms. The average molecular weight is 241 g/mol. The summed E-state index contributed by atoms with van der Waals surface area (Å²) in [6.45, 7) is 8.94. The van der Waals surface area contributed by atoms with Crippen molar-refractivity contribution in [3.8, 4) is 0 Å². The quantitative estimate of drug-likeness (QED) is 0.838. The van der Waals surface area contributed by atoms with Gasteiger partial charge >= 0.3 is 0 Å². The lowest BCUT2D eigenvalue weighted by Crippen LogP contribution is -2.45. The molecule has 1 saturated heterocycles. The molecule has 1 aromatic heterocycles. The number of rotatable bonds is 4. The highest BCUT2D eigenvalue weighted by Gasteiger charge is 2.17. The van der Waals surface area contributed by atoms with E-state index in [0.717, 1.165) is 24.6 Å². The zero-order valence-corrected chi connectivity index (χ0v) is 10.5. The number of hydrogen-bond donors (Lipinski definition) is 1. The van der Waals surface area contributed by atoms with Crippen molar-refractivity contribution in [3.63, 3.8) is 0 Å². The van der Waals surface area contributed by atoms with E-state index in [9.17, 15) is 0 Å². The smallest absolute Gasteiger partial charge is 0.203 e. The highest BCUT2D eigenvalue weighted by molar-refractivity contribution is 7.15. The van der Waals surface area contributed by atoms with E-state index in [0.29, 0.717) is 5.13 Å². The lowest BCUT2D eigenvalue weighted by Gasteiger charge is -2.33. The SMILES string of the molecule is CCCN1CCN(Cc2nnc(N)s2)CC1. The highest BCUT2D eigenvalue weighted by atomic mass is 32.1. The predicted octanol–water partition coefficient (Wildman–Crippen LogP) is 0.648. The average Bonchev–Trinajstić information content (AvgIpc) is 2.67. The first-order chi connectivity index (χ1) is 7.78. The van der Waals surface area contributed by atoms with Gasteiger partial charge in [-0.1, -0.05) is 18.3 Å². The maximum Gasteiger partial charge on any atom is 0.203 e. The van der Waals surface area contributed by atoms with Gasteiger partial charge in [-0.2, -0.15) is 0 Å². The summed E-state index contributed by atoms with van der Waals surface area (Å²) in [5.74, 6) is 0. The number of anilines is 1. The van der Waals surface area contributed by atoms with E-state index < -0.39 is 0 Å². The molecule has 1 fully saturated rings. The summed E-state index contributed by atoms with van der Waals surface area (Å²) >= 11 is 1.49. The second-order valence-corrected chi connectivity index (χ2v) is 5.25. The first kappa shape index (κ1) is 11.8. The van der Waals surface area contributed by atoms with Crippen LogP contribution in [0.1, 0.15) is 18.4 Å². The minimum atomic E-state index is 0.569. The first-order valence-corrected chi connectivity index (χ1v) is 6.62. The molecule has 2 heterocycles. The van der Waals surface area contributed by atoms with Crippen molar-refractivity contribution in [3.05, 3.63) is 5.01 Å². The fraction of sp³-hybridized carbons (Fsp3) is 0.800. The van der Waals surface area contributed by atoms with Gasteiger partial charge in [0.15, 0.2) is 0 Å². The Kier molecular flexibility index (Phi) is 4.09. The fourth-order valence-corrected chi connectivity index (χ4v) is 2.66. The number of hydrogen-bond acceptors (Lipinski definition) is 6. The van der Waals surface area contributed by atoms with E-state index in [4.69, 9.17) is 5.73 Å². The van der Waals surface area contributed by atoms with Gasteiger partial charge in [-0.05, 0) is 13.0 Å². The van der Waals surface area contributed by atoms with Crippen molar-refractivity contribution < 1.29 is 0 Å². The summed E-state index contributed by atoms with van der Waals surface area (Å²) in [5.41, 5.74) is 5.56. The number of nitrogens with zero attached hydrogens (tertiary/aromatic N) is 4. The van der Waals surface area contributed by atoms with Crippen molar-refractivity contribution >= 4 is 16.5 Å². The van der Waals surface area contributed by atoms with E-state index in [1.54, 1.807) is 0 Å². The molecule has 1 aliphatic rings. The summed E-state index contributed by atoms with van der Waals surface area (Å²) in [6, 6.07) is 0. The molecule has 0 amide bonds. The Labute approximate surface area is 100 Å². The molecule has 1 aliphatic heterocycles. The van der Waals surface area contributed by atoms with Crippen LogP contribution in [0.15, 0.2) is 0 Å². The van der Waals surface area contributed by atoms with Crippen LogP contribution in [0.25, 0.3) is 0 Å². The second-order valence-electron chi connectivity index (χ2n) is 4.15. The van der Waals surface area contributed by atoms with Gasteiger partial charge in [0.1, 0.15) is 5.01 Å². The van der Waals surface area contributed by atoms with Crippen LogP contribution >= 0.6 is 11.3 Å². The van der Waals surface area contributed by atoms with Crippen LogP contribution in [0, 0.1) is 0 Å². The number of nitrogen functional groups attached to an aromatic ring is 1. The van der Waals surface area contributed by atoms with Crippen LogP contribution < -0.4 is 5.73 Å². The van der Waals surface area contributed by atoms with Crippen LogP contribution in [0.5, 0.6) is 0 Å². The van der Waals surface area contributed by atoms with Gasteiger partial charge in [0.05, 0.1) is 6.54 Å². The number of aromatic nitrogens is 2. The molecule has 16 heavy (non-hydrogen) atoms. The van der Waals surface area contributed by atoms with Crippen LogP contribution in [-0.2, 0) is 6.54 Å². The monoisotopic (exact) mass is 241 g/mol. The van der Waals surface area contributed by atoms with Crippen molar-refractivity contribution in [2.75, 3.05) is 38.5 Å². The molecule has 0 saturated carbocycles. The van der Waals surface area contributed by atoms with E-state index in [1.807, 2.05) is 0 Å². The topological polar surface area (TPSA) is 58.3 Å². The zero-order valence-electron chi connectivity index (χ0n) is 9.72. The molecule has 0 bridgehead atoms. The van der Waals surface area contributed by atoms with Crippen molar-refractivity contribution in [2.45, 2.75) is 19.9 Å². The van der Waals surface area contributed by atoms with Gasteiger partial charge in [0.25, 0.3) is 0 Å². The predicted molar refractivity (Wildman–Crippen MR) is 66.3 cm³/mol. The summed E-state index contributed by atoms with van der Waals surface area (Å²) in [7, 11) is 0. The van der Waals surface area contributed by atoms with E-state index in [1.165, 1.54) is 37.4 Å². The molecule has 0 unspecified atom stereocenters. The summed E-state index contributed by atoms with van der Waals surface area (Å²) < 4.78 is 0. The Balaban J connectivity index is 1.77. The summed E-state index contributed by atoms with van der Waals surface area (Å²) in [4.78, 5) is 4.94. The molecule has 0 atom stereocenters. The van der Waals surface area contributed by atoms with Crippen LogP contribution in [0.4, 0.5) is 5.13 Å². The third-order valence-corrected chi connectivity index (χ3v) is 3.58. The molecule has 0 radical (unpaired) electrons. The maximum absolute atomic E-state index is 5.56. The third kappa shape index (κ3) is 3.13. The summed E-state index contributed by atoms with van der Waals surface area (Å²) in [5, 5.41) is 9.49. The second kappa shape index (κ2) is 5.56. The Morgan fingerprint density at radius 2 is 1.88 bits per heavy atom. The highest BCUT2D eigenvalue weighted by Crippen LogP contribution is 2.14. The maximum atomic E-state index is 5.56. The standard InChI is InChI=1S/C10H19N5S/c1-2-3-14-4-6-15(7-5-14)8-9-12-13-10(11)16-9/h2-8H2,1H3,(H2,11,13). The van der Waals surface area contributed by atoms with E-state index in [-0.39, 0.29) is 0 Å². The Hall–Kier alpha value is -0.720. The largest absolute Gasteiger partial charge is 0.374 e. The van der Waals surface area contributed by atoms with Crippen LogP contribution in [0.3, 0.4) is 0 Å². The molecule has 6 heteroatoms. The Morgan fingerprint density at radius 3 is 2.44 bits per heavy atom. The number of nitrogens with two attached hydrogens (primary N) is 1. The van der Waals surface area contributed by atoms with Gasteiger partial charge in [-0.3, -0.25) is 4.90 Å². The Bertz CT molecular complexity index is 319. The van der Waals surface area contributed by atoms with Gasteiger partial charge in [0, 0.05) is 26.2 Å². The minimum Gasteiger partial charge on any atom is -0.374 e. The van der Waals surface area contributed by atoms with Gasteiger partial charge in [-0.25, -0.2) is 0 Å². The minimum absolute atomic E-state index is 0.569. The van der Waals surface area contributed by atoms with E-state index >= 15 is 0 Å². The van der Waals surface area contributed by atoms with E-state index in [2.05, 4.69) is 26.9 Å². The van der Waals surface area contributed by atoms with Crippen molar-refractivity contribution in [1.82, 2.24) is 20.0 Å². The molecule has 1 aromatic rings. The molecule has 2 N–H and O–H groups in total. The van der Waals surface area contributed by atoms with Gasteiger partial charge < -0.3 is 10.6 Å². The van der Waals surface area contributed by atoms with Crippen molar-refractivity contribution in [2.24, 2.45) is 0 Å². The molecular weight excluding hydrogens is 222 g/mol. The third-order valence-electron chi connectivity index (χ3n) is 2.85. The molecule has 90 valence electrons. The lowest BCUT2D eigenvalue weighted by atomic mass is 10.3. The molecule has 0 aromatic carbocycles. The van der Waals surface area contributed by atoms with Gasteiger partial charge in [-0.15, -0.1) is 10.2 Å². The molecular formula is C10H19N5S. The Morgan fingerprint density at radius 1 is 1.19 bits per heavy atom. The van der Waals surface area contributed by atoms with Crippen LogP contribution in [0.2, 0.25) is 0 Å². The van der Waals surface area contributed by atoms with Crippen molar-refractivity contribution in [1.29, 1.82) is 0 Å². The normalized spacial score (nSPS) is 19.1. The molecule has 0 aliphatic carbocycles. The zero-order chi connectivity index (χ0) is 11.4. The fourth-order valence-electron chi connectivity index (χ4n) is 2.01.